The van der Waals surface area contributed by atoms with Crippen molar-refractivity contribution in [3.8, 4) is 17.2 Å². The first-order valence-electron chi connectivity index (χ1n) is 9.67. The summed E-state index contributed by atoms with van der Waals surface area (Å²) in [4.78, 5) is 8.24. The summed E-state index contributed by atoms with van der Waals surface area (Å²) >= 11 is -1.47. The molecule has 0 bridgehead atoms. The zero-order valence-electron chi connectivity index (χ0n) is 18.8. The summed E-state index contributed by atoms with van der Waals surface area (Å²) in [7, 11) is 7.86. The Kier molecular flexibility index (Phi) is 7.85. The smallest absolute Gasteiger partial charge is 0.229 e. The van der Waals surface area contributed by atoms with Crippen molar-refractivity contribution in [1.82, 2.24) is 14.3 Å². The number of nitrogens with zero attached hydrogens (tertiary/aromatic N) is 3. The van der Waals surface area contributed by atoms with Crippen molar-refractivity contribution in [3.05, 3.63) is 48.4 Å². The molecule has 0 fully saturated rings. The van der Waals surface area contributed by atoms with Crippen molar-refractivity contribution >= 4 is 40.0 Å². The Balaban J connectivity index is 1.88. The van der Waals surface area contributed by atoms with E-state index in [0.717, 1.165) is 6.20 Å². The highest BCUT2D eigenvalue weighted by atomic mass is 32.2. The van der Waals surface area contributed by atoms with E-state index in [-0.39, 0.29) is 11.8 Å². The minimum absolute atomic E-state index is 0.0650. The van der Waals surface area contributed by atoms with Crippen molar-refractivity contribution in [3.63, 3.8) is 0 Å². The summed E-state index contributed by atoms with van der Waals surface area (Å²) in [6.45, 7) is 0. The first-order chi connectivity index (χ1) is 15.9. The van der Waals surface area contributed by atoms with Crippen LogP contribution in [0.15, 0.2) is 42.6 Å². The lowest BCUT2D eigenvalue weighted by Crippen LogP contribution is -2.22. The van der Waals surface area contributed by atoms with E-state index in [4.69, 9.17) is 14.2 Å². The molecule has 0 aliphatic rings. The summed E-state index contributed by atoms with van der Waals surface area (Å²) in [6.07, 6.45) is 1.05. The van der Waals surface area contributed by atoms with Crippen LogP contribution < -0.4 is 29.6 Å². The van der Waals surface area contributed by atoms with E-state index in [1.165, 1.54) is 25.6 Å². The number of anilines is 5. The Morgan fingerprint density at radius 3 is 2.18 bits per heavy atom. The Hall–Kier alpha value is -3.64. The maximum atomic E-state index is 14.5. The second-order valence-corrected chi connectivity index (χ2v) is 8.20. The van der Waals surface area contributed by atoms with Crippen LogP contribution in [-0.2, 0) is 11.2 Å². The van der Waals surface area contributed by atoms with Crippen molar-refractivity contribution in [1.29, 1.82) is 0 Å². The number of ether oxygens (including phenoxy) is 3. The Morgan fingerprint density at radius 1 is 0.970 bits per heavy atom. The number of methoxy groups -OCH3 is 3. The van der Waals surface area contributed by atoms with Crippen LogP contribution >= 0.6 is 0 Å². The number of rotatable bonds is 10. The molecule has 12 heteroatoms. The average Bonchev–Trinajstić information content (AvgIpc) is 2.81. The lowest BCUT2D eigenvalue weighted by atomic mass is 10.2. The SMILES string of the molecule is COc1cc(Nc2ncc(F)c(Nc3ccccc3NS(=O)N(C)C)n2)cc(OC)c1OC. The molecule has 1 atom stereocenters. The van der Waals surface area contributed by atoms with E-state index in [9.17, 15) is 8.60 Å². The molecule has 0 aliphatic carbocycles. The quantitative estimate of drug-likeness (QED) is 0.407. The summed E-state index contributed by atoms with van der Waals surface area (Å²) in [5.41, 5.74) is 1.55. The van der Waals surface area contributed by atoms with Crippen molar-refractivity contribution in [2.75, 3.05) is 50.8 Å². The molecule has 3 N–H and O–H groups in total. The first kappa shape index (κ1) is 24.0. The highest BCUT2D eigenvalue weighted by Gasteiger charge is 2.15. The van der Waals surface area contributed by atoms with Crippen molar-refractivity contribution in [2.45, 2.75) is 0 Å². The van der Waals surface area contributed by atoms with Crippen LogP contribution in [0.3, 0.4) is 0 Å². The number of benzene rings is 2. The van der Waals surface area contributed by atoms with E-state index < -0.39 is 17.0 Å². The van der Waals surface area contributed by atoms with Gasteiger partial charge < -0.3 is 24.8 Å². The van der Waals surface area contributed by atoms with E-state index in [1.54, 1.807) is 50.5 Å². The highest BCUT2D eigenvalue weighted by molar-refractivity contribution is 7.84. The molecule has 0 aliphatic heterocycles. The van der Waals surface area contributed by atoms with E-state index in [0.29, 0.717) is 34.3 Å². The molecule has 3 rings (SSSR count). The summed E-state index contributed by atoms with van der Waals surface area (Å²) in [6, 6.07) is 10.3. The second kappa shape index (κ2) is 10.8. The lowest BCUT2D eigenvalue weighted by Gasteiger charge is -2.16. The molecule has 0 radical (unpaired) electrons. The standard InChI is InChI=1S/C21H25FN6O4S/c1-28(2)33(29)27-16-9-7-6-8-15(16)25-20-14(22)12-23-21(26-20)24-13-10-17(30-3)19(32-5)18(11-13)31-4/h6-12,27H,1-5H3,(H2,23,24,25,26). The molecule has 2 aromatic carbocycles. The number of hydrogen-bond acceptors (Lipinski definition) is 8. The Morgan fingerprint density at radius 2 is 1.61 bits per heavy atom. The predicted molar refractivity (Wildman–Crippen MR) is 127 cm³/mol. The van der Waals surface area contributed by atoms with Gasteiger partial charge in [0.2, 0.25) is 11.7 Å². The fourth-order valence-electron chi connectivity index (χ4n) is 2.79. The lowest BCUT2D eigenvalue weighted by molar-refractivity contribution is 0.324. The third-order valence-corrected chi connectivity index (χ3v) is 5.43. The van der Waals surface area contributed by atoms with Gasteiger partial charge in [0, 0.05) is 31.9 Å². The topological polar surface area (TPSA) is 110 Å². The zero-order chi connectivity index (χ0) is 24.0. The summed E-state index contributed by atoms with van der Waals surface area (Å²) in [5.74, 6) is 0.726. The van der Waals surface area contributed by atoms with E-state index in [1.807, 2.05) is 0 Å². The number of hydrogen-bond donors (Lipinski definition) is 3. The van der Waals surface area contributed by atoms with Crippen LogP contribution in [0.5, 0.6) is 17.2 Å². The van der Waals surface area contributed by atoms with Gasteiger partial charge in [0.1, 0.15) is 0 Å². The monoisotopic (exact) mass is 476 g/mol. The van der Waals surface area contributed by atoms with E-state index >= 15 is 0 Å². The van der Waals surface area contributed by atoms with Crippen molar-refractivity contribution in [2.24, 2.45) is 0 Å². The molecule has 10 nitrogen and oxygen atoms in total. The summed E-state index contributed by atoms with van der Waals surface area (Å²) in [5, 5.41) is 5.93. The minimum Gasteiger partial charge on any atom is -0.493 e. The minimum atomic E-state index is -1.47. The third kappa shape index (κ3) is 5.79. The molecule has 0 saturated carbocycles. The fourth-order valence-corrected chi connectivity index (χ4v) is 3.34. The molecular formula is C21H25FN6O4S. The normalized spacial score (nSPS) is 11.6. The van der Waals surface area contributed by atoms with Gasteiger partial charge in [0.15, 0.2) is 34.3 Å². The number of aromatic nitrogens is 2. The Bertz CT molecular complexity index is 1120. The molecule has 33 heavy (non-hydrogen) atoms. The molecule has 0 spiro atoms. The number of halogens is 1. The van der Waals surface area contributed by atoms with Gasteiger partial charge >= 0.3 is 0 Å². The third-order valence-electron chi connectivity index (χ3n) is 4.37. The van der Waals surface area contributed by atoms with Gasteiger partial charge in [-0.05, 0) is 12.1 Å². The van der Waals surface area contributed by atoms with Gasteiger partial charge in [0.05, 0.1) is 38.9 Å². The predicted octanol–water partition coefficient (Wildman–Crippen LogP) is 3.68. The van der Waals surface area contributed by atoms with Crippen LogP contribution in [0.1, 0.15) is 0 Å². The van der Waals surface area contributed by atoms with Crippen LogP contribution in [0.2, 0.25) is 0 Å². The summed E-state index contributed by atoms with van der Waals surface area (Å²) < 4.78 is 47.0. The fraction of sp³-hybridized carbons (Fsp3) is 0.238. The van der Waals surface area contributed by atoms with Crippen LogP contribution in [-0.4, -0.2) is 53.9 Å². The van der Waals surface area contributed by atoms with Crippen LogP contribution in [0, 0.1) is 5.82 Å². The average molecular weight is 477 g/mol. The molecule has 3 aromatic rings. The molecule has 176 valence electrons. The van der Waals surface area contributed by atoms with Crippen molar-refractivity contribution < 1.29 is 22.8 Å². The van der Waals surface area contributed by atoms with Gasteiger partial charge in [0.25, 0.3) is 0 Å². The molecule has 0 saturated heterocycles. The van der Waals surface area contributed by atoms with Gasteiger partial charge in [-0.1, -0.05) is 12.1 Å². The largest absolute Gasteiger partial charge is 0.493 e. The maximum absolute atomic E-state index is 14.5. The van der Waals surface area contributed by atoms with Crippen LogP contribution in [0.25, 0.3) is 0 Å². The molecule has 1 heterocycles. The van der Waals surface area contributed by atoms with E-state index in [2.05, 4.69) is 25.3 Å². The maximum Gasteiger partial charge on any atom is 0.229 e. The van der Waals surface area contributed by atoms with Crippen LogP contribution in [0.4, 0.5) is 33.2 Å². The van der Waals surface area contributed by atoms with Gasteiger partial charge in [-0.15, -0.1) is 0 Å². The molecule has 1 aromatic heterocycles. The number of para-hydroxylation sites is 2. The Labute approximate surface area is 193 Å². The number of nitrogens with one attached hydrogen (secondary N) is 3. The first-order valence-corrected chi connectivity index (χ1v) is 10.8. The highest BCUT2D eigenvalue weighted by Crippen LogP contribution is 2.40. The molecular weight excluding hydrogens is 451 g/mol. The molecule has 1 unspecified atom stereocenters. The van der Waals surface area contributed by atoms with Gasteiger partial charge in [-0.3, -0.25) is 4.72 Å². The second-order valence-electron chi connectivity index (χ2n) is 6.76. The molecule has 0 amide bonds. The van der Waals surface area contributed by atoms with Gasteiger partial charge in [-0.2, -0.15) is 4.98 Å². The van der Waals surface area contributed by atoms with Gasteiger partial charge in [-0.25, -0.2) is 17.9 Å². The zero-order valence-corrected chi connectivity index (χ0v) is 19.6.